The zero-order valence-corrected chi connectivity index (χ0v) is 16.3. The number of fused-ring (bicyclic) bond motifs is 1. The van der Waals surface area contributed by atoms with Crippen LogP contribution in [-0.4, -0.2) is 66.9 Å². The largest absolute Gasteiger partial charge is 0.497 e. The molecule has 2 amide bonds. The van der Waals surface area contributed by atoms with Crippen molar-refractivity contribution in [2.45, 2.75) is 50.7 Å². The number of amides is 2. The van der Waals surface area contributed by atoms with Gasteiger partial charge in [0.05, 0.1) is 19.8 Å². The second-order valence-corrected chi connectivity index (χ2v) is 7.38. The lowest BCUT2D eigenvalue weighted by Gasteiger charge is -2.28. The Hall–Kier alpha value is -1.91. The molecule has 2 aliphatic rings. The van der Waals surface area contributed by atoms with Gasteiger partial charge in [-0.2, -0.15) is 0 Å². The molecule has 156 valence electrons. The van der Waals surface area contributed by atoms with Gasteiger partial charge in [0.25, 0.3) is 0 Å². The molecule has 0 radical (unpaired) electrons. The second kappa shape index (κ2) is 8.62. The minimum atomic E-state index is -1.04. The summed E-state index contributed by atoms with van der Waals surface area (Å²) in [5.41, 5.74) is 0.644. The first kappa shape index (κ1) is 20.8. The zero-order chi connectivity index (χ0) is 20.3. The topological polar surface area (TPSA) is 119 Å². The van der Waals surface area contributed by atoms with E-state index >= 15 is 0 Å². The van der Waals surface area contributed by atoms with Crippen molar-refractivity contribution >= 4 is 11.7 Å². The van der Waals surface area contributed by atoms with Crippen molar-refractivity contribution in [1.29, 1.82) is 0 Å². The van der Waals surface area contributed by atoms with Crippen LogP contribution in [-0.2, 0) is 14.2 Å². The molecule has 2 aliphatic heterocycles. The predicted octanol–water partition coefficient (Wildman–Crippen LogP) is 1.05. The van der Waals surface area contributed by atoms with Crippen LogP contribution in [0.5, 0.6) is 5.75 Å². The fraction of sp³-hybridized carbons (Fsp3) is 0.632. The minimum Gasteiger partial charge on any atom is -0.497 e. The molecule has 1 unspecified atom stereocenters. The van der Waals surface area contributed by atoms with E-state index in [1.807, 2.05) is 0 Å². The average Bonchev–Trinajstić information content (AvgIpc) is 3.14. The van der Waals surface area contributed by atoms with Crippen LogP contribution < -0.4 is 15.4 Å². The Bertz CT molecular complexity index is 667. The number of hydrogen-bond donors (Lipinski definition) is 4. The molecule has 2 heterocycles. The number of nitrogens with one attached hydrogen (secondary N) is 2. The number of urea groups is 1. The van der Waals surface area contributed by atoms with Crippen LogP contribution in [0.25, 0.3) is 0 Å². The van der Waals surface area contributed by atoms with E-state index in [-0.39, 0.29) is 18.1 Å². The van der Waals surface area contributed by atoms with E-state index in [0.29, 0.717) is 24.4 Å². The lowest BCUT2D eigenvalue weighted by molar-refractivity contribution is -0.222. The van der Waals surface area contributed by atoms with Crippen LogP contribution >= 0.6 is 0 Å². The summed E-state index contributed by atoms with van der Waals surface area (Å²) < 4.78 is 22.5. The van der Waals surface area contributed by atoms with E-state index < -0.39 is 30.9 Å². The standard InChI is InChI=1S/C19H28N2O7/c1-19(2)27-16-13(15(14(23)10-22)26-17(16)28-19)8-9-20-18(24)21-11-4-6-12(25-3)7-5-11/h4-7,13-17,22-23H,8-10H2,1-3H3,(H2,20,21,24)/t13-,14?,15+,16-,17-/m1/s1. The van der Waals surface area contributed by atoms with Gasteiger partial charge in [-0.25, -0.2) is 4.79 Å². The molecule has 4 N–H and O–H groups in total. The summed E-state index contributed by atoms with van der Waals surface area (Å²) in [7, 11) is 1.58. The monoisotopic (exact) mass is 396 g/mol. The van der Waals surface area contributed by atoms with Gasteiger partial charge in [-0.15, -0.1) is 0 Å². The molecule has 1 aromatic rings. The van der Waals surface area contributed by atoms with E-state index in [2.05, 4.69) is 10.6 Å². The van der Waals surface area contributed by atoms with Crippen molar-refractivity contribution in [3.8, 4) is 5.75 Å². The van der Waals surface area contributed by atoms with Gasteiger partial charge < -0.3 is 39.8 Å². The number of hydrogen-bond acceptors (Lipinski definition) is 7. The number of carbonyl (C=O) groups excluding carboxylic acids is 1. The SMILES string of the molecule is COc1ccc(NC(=O)NCC[C@H]2[C@H]3OC(C)(C)O[C@H]3O[C@@H]2C(O)CO)cc1. The number of carbonyl (C=O) groups is 1. The predicted molar refractivity (Wildman–Crippen MR) is 99.9 cm³/mol. The van der Waals surface area contributed by atoms with Crippen molar-refractivity contribution in [1.82, 2.24) is 5.32 Å². The second-order valence-electron chi connectivity index (χ2n) is 7.38. The molecule has 1 aromatic carbocycles. The van der Waals surface area contributed by atoms with Gasteiger partial charge in [-0.05, 0) is 44.5 Å². The number of methoxy groups -OCH3 is 1. The van der Waals surface area contributed by atoms with E-state index in [1.165, 1.54) is 0 Å². The van der Waals surface area contributed by atoms with E-state index in [4.69, 9.17) is 18.9 Å². The van der Waals surface area contributed by atoms with Crippen molar-refractivity contribution < 1.29 is 34.0 Å². The number of aliphatic hydroxyl groups is 2. The first-order valence-corrected chi connectivity index (χ1v) is 9.32. The number of rotatable bonds is 7. The van der Waals surface area contributed by atoms with Gasteiger partial charge in [-0.3, -0.25) is 0 Å². The smallest absolute Gasteiger partial charge is 0.319 e. The number of anilines is 1. The van der Waals surface area contributed by atoms with Crippen LogP contribution in [0.15, 0.2) is 24.3 Å². The molecular weight excluding hydrogens is 368 g/mol. The highest BCUT2D eigenvalue weighted by molar-refractivity contribution is 5.89. The Morgan fingerprint density at radius 2 is 2.00 bits per heavy atom. The highest BCUT2D eigenvalue weighted by Gasteiger charge is 2.55. The average molecular weight is 396 g/mol. The molecule has 0 bridgehead atoms. The van der Waals surface area contributed by atoms with Gasteiger partial charge in [0.2, 0.25) is 0 Å². The fourth-order valence-corrected chi connectivity index (χ4v) is 3.61. The molecular formula is C19H28N2O7. The van der Waals surface area contributed by atoms with Gasteiger partial charge >= 0.3 is 6.03 Å². The highest BCUT2D eigenvalue weighted by atomic mass is 16.8. The molecule has 9 heteroatoms. The van der Waals surface area contributed by atoms with Gasteiger partial charge in [-0.1, -0.05) is 0 Å². The van der Waals surface area contributed by atoms with Crippen molar-refractivity contribution in [2.24, 2.45) is 5.92 Å². The van der Waals surface area contributed by atoms with Gasteiger partial charge in [0, 0.05) is 18.2 Å². The van der Waals surface area contributed by atoms with Crippen LogP contribution in [0, 0.1) is 5.92 Å². The molecule has 2 fully saturated rings. The van der Waals surface area contributed by atoms with Crippen molar-refractivity contribution in [3.63, 3.8) is 0 Å². The van der Waals surface area contributed by atoms with E-state index in [0.717, 1.165) is 0 Å². The third-order valence-electron chi connectivity index (χ3n) is 4.90. The number of benzene rings is 1. The molecule has 0 spiro atoms. The summed E-state index contributed by atoms with van der Waals surface area (Å²) in [5, 5.41) is 24.9. The quantitative estimate of drug-likeness (QED) is 0.544. The third-order valence-corrected chi connectivity index (χ3v) is 4.90. The summed E-state index contributed by atoms with van der Waals surface area (Å²) in [6, 6.07) is 6.65. The Balaban J connectivity index is 1.52. The Kier molecular flexibility index (Phi) is 6.41. The Morgan fingerprint density at radius 3 is 2.64 bits per heavy atom. The van der Waals surface area contributed by atoms with E-state index in [1.54, 1.807) is 45.2 Å². The van der Waals surface area contributed by atoms with Crippen LogP contribution in [0.1, 0.15) is 20.3 Å². The normalized spacial score (nSPS) is 29.2. The van der Waals surface area contributed by atoms with Crippen LogP contribution in [0.3, 0.4) is 0 Å². The highest BCUT2D eigenvalue weighted by Crippen LogP contribution is 2.42. The maximum atomic E-state index is 12.1. The maximum absolute atomic E-state index is 12.1. The maximum Gasteiger partial charge on any atom is 0.319 e. The molecule has 3 rings (SSSR count). The molecule has 9 nitrogen and oxygen atoms in total. The summed E-state index contributed by atoms with van der Waals surface area (Å²) in [6.07, 6.45) is -2.13. The van der Waals surface area contributed by atoms with Crippen LogP contribution in [0.2, 0.25) is 0 Å². The molecule has 28 heavy (non-hydrogen) atoms. The molecule has 5 atom stereocenters. The minimum absolute atomic E-state index is 0.227. The van der Waals surface area contributed by atoms with Crippen molar-refractivity contribution in [2.75, 3.05) is 25.6 Å². The van der Waals surface area contributed by atoms with Crippen LogP contribution in [0.4, 0.5) is 10.5 Å². The first-order valence-electron chi connectivity index (χ1n) is 9.32. The lowest BCUT2D eigenvalue weighted by atomic mass is 9.91. The van der Waals surface area contributed by atoms with Gasteiger partial charge in [0.1, 0.15) is 18.0 Å². The number of aliphatic hydroxyl groups excluding tert-OH is 2. The molecule has 0 aliphatic carbocycles. The Labute approximate surface area is 163 Å². The fourth-order valence-electron chi connectivity index (χ4n) is 3.61. The van der Waals surface area contributed by atoms with Gasteiger partial charge in [0.15, 0.2) is 12.1 Å². The first-order chi connectivity index (χ1) is 13.3. The summed E-state index contributed by atoms with van der Waals surface area (Å²) in [6.45, 7) is 3.51. The molecule has 0 aromatic heterocycles. The zero-order valence-electron chi connectivity index (χ0n) is 16.3. The summed E-state index contributed by atoms with van der Waals surface area (Å²) in [4.78, 5) is 12.1. The summed E-state index contributed by atoms with van der Waals surface area (Å²) in [5.74, 6) is -0.297. The Morgan fingerprint density at radius 1 is 1.29 bits per heavy atom. The lowest BCUT2D eigenvalue weighted by Crippen LogP contribution is -2.41. The third kappa shape index (κ3) is 4.73. The van der Waals surface area contributed by atoms with E-state index in [9.17, 15) is 15.0 Å². The summed E-state index contributed by atoms with van der Waals surface area (Å²) >= 11 is 0. The molecule has 0 saturated carbocycles. The molecule has 2 saturated heterocycles. The number of ether oxygens (including phenoxy) is 4. The van der Waals surface area contributed by atoms with Crippen molar-refractivity contribution in [3.05, 3.63) is 24.3 Å².